The quantitative estimate of drug-likeness (QED) is 0.766. The molecule has 0 radical (unpaired) electrons. The Balaban J connectivity index is 2.72. The van der Waals surface area contributed by atoms with E-state index < -0.39 is 0 Å². The Kier molecular flexibility index (Phi) is 5.51. The molecule has 1 aromatic carbocycles. The van der Waals surface area contributed by atoms with Crippen LogP contribution in [0.2, 0.25) is 0 Å². The summed E-state index contributed by atoms with van der Waals surface area (Å²) in [5.41, 5.74) is 7.65. The maximum absolute atomic E-state index is 9.13. The lowest BCUT2D eigenvalue weighted by molar-refractivity contribution is 0.220. The maximum Gasteiger partial charge on any atom is 0.0978 e. The molecule has 1 unspecified atom stereocenters. The number of benzene rings is 1. The summed E-state index contributed by atoms with van der Waals surface area (Å²) in [5, 5.41) is 9.13. The van der Waals surface area contributed by atoms with E-state index in [0.717, 1.165) is 31.6 Å². The molecular weight excluding hydrogens is 210 g/mol. The maximum atomic E-state index is 9.13. The first-order valence-corrected chi connectivity index (χ1v) is 6.19. The van der Waals surface area contributed by atoms with E-state index >= 15 is 0 Å². The van der Waals surface area contributed by atoms with Crippen LogP contribution in [0.1, 0.15) is 32.3 Å². The van der Waals surface area contributed by atoms with Crippen LogP contribution in [0.3, 0.4) is 0 Å². The molecule has 0 spiro atoms. The predicted octanol–water partition coefficient (Wildman–Crippen LogP) is 2.78. The molecule has 0 heterocycles. The SMILES string of the molecule is CCCN(Cc1ccc(N)cc1)C(C#N)CC. The van der Waals surface area contributed by atoms with Crippen molar-refractivity contribution in [3.8, 4) is 6.07 Å². The van der Waals surface area contributed by atoms with Crippen molar-refractivity contribution in [2.45, 2.75) is 39.3 Å². The Hall–Kier alpha value is -1.53. The second-order valence-electron chi connectivity index (χ2n) is 4.27. The molecule has 0 amide bonds. The van der Waals surface area contributed by atoms with E-state index in [4.69, 9.17) is 11.0 Å². The standard InChI is InChI=1S/C14H21N3/c1-3-9-17(14(4-2)10-15)11-12-5-7-13(16)8-6-12/h5-8,14H,3-4,9,11,16H2,1-2H3. The molecule has 0 aliphatic rings. The second kappa shape index (κ2) is 6.93. The zero-order valence-electron chi connectivity index (χ0n) is 10.7. The Morgan fingerprint density at radius 1 is 1.29 bits per heavy atom. The molecule has 92 valence electrons. The lowest BCUT2D eigenvalue weighted by Gasteiger charge is -2.25. The summed E-state index contributed by atoms with van der Waals surface area (Å²) in [6.45, 7) is 5.97. The van der Waals surface area contributed by atoms with Gasteiger partial charge < -0.3 is 5.73 Å². The molecule has 2 N–H and O–H groups in total. The Morgan fingerprint density at radius 2 is 1.94 bits per heavy atom. The molecule has 0 bridgehead atoms. The van der Waals surface area contributed by atoms with Crippen molar-refractivity contribution in [1.29, 1.82) is 5.26 Å². The van der Waals surface area contributed by atoms with Gasteiger partial charge in [0.15, 0.2) is 0 Å². The van der Waals surface area contributed by atoms with Crippen molar-refractivity contribution in [2.24, 2.45) is 0 Å². The van der Waals surface area contributed by atoms with Crippen LogP contribution in [0, 0.1) is 11.3 Å². The minimum Gasteiger partial charge on any atom is -0.399 e. The lowest BCUT2D eigenvalue weighted by atomic mass is 10.1. The molecule has 1 aromatic rings. The highest BCUT2D eigenvalue weighted by molar-refractivity contribution is 5.39. The summed E-state index contributed by atoms with van der Waals surface area (Å²) in [4.78, 5) is 2.23. The van der Waals surface area contributed by atoms with E-state index in [-0.39, 0.29) is 6.04 Å². The van der Waals surface area contributed by atoms with Crippen LogP contribution in [0.25, 0.3) is 0 Å². The van der Waals surface area contributed by atoms with Crippen molar-refractivity contribution >= 4 is 5.69 Å². The van der Waals surface area contributed by atoms with Gasteiger partial charge >= 0.3 is 0 Å². The van der Waals surface area contributed by atoms with Crippen LogP contribution >= 0.6 is 0 Å². The molecule has 17 heavy (non-hydrogen) atoms. The van der Waals surface area contributed by atoms with Gasteiger partial charge in [0.25, 0.3) is 0 Å². The van der Waals surface area contributed by atoms with Crippen molar-refractivity contribution in [3.05, 3.63) is 29.8 Å². The van der Waals surface area contributed by atoms with Gasteiger partial charge in [0, 0.05) is 12.2 Å². The predicted molar refractivity (Wildman–Crippen MR) is 71.2 cm³/mol. The monoisotopic (exact) mass is 231 g/mol. The van der Waals surface area contributed by atoms with Gasteiger partial charge in [0.05, 0.1) is 12.1 Å². The van der Waals surface area contributed by atoms with Gasteiger partial charge in [-0.05, 0) is 37.1 Å². The fourth-order valence-corrected chi connectivity index (χ4v) is 1.92. The molecule has 0 aliphatic heterocycles. The van der Waals surface area contributed by atoms with Gasteiger partial charge in [0.1, 0.15) is 0 Å². The van der Waals surface area contributed by atoms with Crippen molar-refractivity contribution in [1.82, 2.24) is 4.90 Å². The Labute approximate surface area is 104 Å². The van der Waals surface area contributed by atoms with Crippen LogP contribution in [0.4, 0.5) is 5.69 Å². The average Bonchev–Trinajstić information content (AvgIpc) is 2.34. The average molecular weight is 231 g/mol. The summed E-state index contributed by atoms with van der Waals surface area (Å²) in [7, 11) is 0. The number of hydrogen-bond donors (Lipinski definition) is 1. The number of anilines is 1. The third-order valence-corrected chi connectivity index (χ3v) is 2.85. The van der Waals surface area contributed by atoms with Gasteiger partial charge in [-0.2, -0.15) is 5.26 Å². The summed E-state index contributed by atoms with van der Waals surface area (Å²) < 4.78 is 0. The van der Waals surface area contributed by atoms with E-state index in [1.807, 2.05) is 24.3 Å². The minimum absolute atomic E-state index is 0.00695. The van der Waals surface area contributed by atoms with Crippen LogP contribution in [-0.4, -0.2) is 17.5 Å². The summed E-state index contributed by atoms with van der Waals surface area (Å²) >= 11 is 0. The van der Waals surface area contributed by atoms with Gasteiger partial charge in [-0.25, -0.2) is 0 Å². The molecule has 0 aromatic heterocycles. The third-order valence-electron chi connectivity index (χ3n) is 2.85. The third kappa shape index (κ3) is 4.08. The van der Waals surface area contributed by atoms with Crippen molar-refractivity contribution < 1.29 is 0 Å². The molecule has 3 heteroatoms. The Morgan fingerprint density at radius 3 is 2.41 bits per heavy atom. The molecule has 0 aliphatic carbocycles. The fourth-order valence-electron chi connectivity index (χ4n) is 1.92. The topological polar surface area (TPSA) is 53.0 Å². The molecule has 1 atom stereocenters. The van der Waals surface area contributed by atoms with Crippen molar-refractivity contribution in [2.75, 3.05) is 12.3 Å². The number of rotatable bonds is 6. The first-order chi connectivity index (χ1) is 8.21. The van der Waals surface area contributed by atoms with Crippen molar-refractivity contribution in [3.63, 3.8) is 0 Å². The lowest BCUT2D eigenvalue weighted by Crippen LogP contribution is -2.33. The first-order valence-electron chi connectivity index (χ1n) is 6.19. The fraction of sp³-hybridized carbons (Fsp3) is 0.500. The van der Waals surface area contributed by atoms with E-state index in [1.165, 1.54) is 5.56 Å². The van der Waals surface area contributed by atoms with Gasteiger partial charge in [-0.1, -0.05) is 26.0 Å². The van der Waals surface area contributed by atoms with E-state index in [1.54, 1.807) is 0 Å². The van der Waals surface area contributed by atoms with Gasteiger partial charge in [0.2, 0.25) is 0 Å². The first kappa shape index (κ1) is 13.5. The second-order valence-corrected chi connectivity index (χ2v) is 4.27. The zero-order chi connectivity index (χ0) is 12.7. The molecule has 0 fully saturated rings. The smallest absolute Gasteiger partial charge is 0.0978 e. The molecule has 3 nitrogen and oxygen atoms in total. The van der Waals surface area contributed by atoms with Gasteiger partial charge in [-0.15, -0.1) is 0 Å². The highest BCUT2D eigenvalue weighted by Crippen LogP contribution is 2.12. The largest absolute Gasteiger partial charge is 0.399 e. The number of hydrogen-bond acceptors (Lipinski definition) is 3. The van der Waals surface area contributed by atoms with Crippen LogP contribution < -0.4 is 5.73 Å². The zero-order valence-corrected chi connectivity index (χ0v) is 10.7. The summed E-state index contributed by atoms with van der Waals surface area (Å²) in [5.74, 6) is 0. The number of nitrogen functional groups attached to an aromatic ring is 1. The van der Waals surface area contributed by atoms with Gasteiger partial charge in [-0.3, -0.25) is 4.90 Å². The molecule has 0 saturated carbocycles. The Bertz CT molecular complexity index is 364. The number of nitriles is 1. The molecule has 0 saturated heterocycles. The van der Waals surface area contributed by atoms with Crippen LogP contribution in [0.5, 0.6) is 0 Å². The minimum atomic E-state index is 0.00695. The number of nitrogens with two attached hydrogens (primary N) is 1. The molecule has 1 rings (SSSR count). The van der Waals surface area contributed by atoms with E-state index in [0.29, 0.717) is 0 Å². The van der Waals surface area contributed by atoms with E-state index in [2.05, 4.69) is 24.8 Å². The van der Waals surface area contributed by atoms with Crippen LogP contribution in [0.15, 0.2) is 24.3 Å². The van der Waals surface area contributed by atoms with E-state index in [9.17, 15) is 0 Å². The molecular formula is C14H21N3. The number of nitrogens with zero attached hydrogens (tertiary/aromatic N) is 2. The summed E-state index contributed by atoms with van der Waals surface area (Å²) in [6.07, 6.45) is 1.93. The summed E-state index contributed by atoms with van der Waals surface area (Å²) in [6, 6.07) is 10.3. The highest BCUT2D eigenvalue weighted by atomic mass is 15.1. The van der Waals surface area contributed by atoms with Crippen LogP contribution in [-0.2, 0) is 6.54 Å². The normalized spacial score (nSPS) is 12.4. The highest BCUT2D eigenvalue weighted by Gasteiger charge is 2.15.